The van der Waals surface area contributed by atoms with E-state index in [0.29, 0.717) is 18.7 Å². The zero-order chi connectivity index (χ0) is 16.2. The molecule has 0 saturated carbocycles. The average Bonchev–Trinajstić information content (AvgIpc) is 3.26. The van der Waals surface area contributed by atoms with Gasteiger partial charge in [0.25, 0.3) is 0 Å². The second-order valence-electron chi connectivity index (χ2n) is 5.36. The zero-order valence-corrected chi connectivity index (χ0v) is 12.8. The van der Waals surface area contributed by atoms with E-state index in [2.05, 4.69) is 15.5 Å². The summed E-state index contributed by atoms with van der Waals surface area (Å²) in [6.07, 6.45) is 2.67. The monoisotopic (exact) mass is 314 g/mol. The van der Waals surface area contributed by atoms with Crippen molar-refractivity contribution in [3.63, 3.8) is 0 Å². The highest BCUT2D eigenvalue weighted by Crippen LogP contribution is 2.22. The normalized spacial score (nSPS) is 17.1. The maximum atomic E-state index is 12.4. The van der Waals surface area contributed by atoms with Gasteiger partial charge in [-0.15, -0.1) is 0 Å². The lowest BCUT2D eigenvalue weighted by atomic mass is 10.1. The summed E-state index contributed by atoms with van der Waals surface area (Å²) in [4.78, 5) is 25.5. The minimum absolute atomic E-state index is 0.192. The first-order valence-corrected chi connectivity index (χ1v) is 7.44. The van der Waals surface area contributed by atoms with E-state index in [9.17, 15) is 9.59 Å². The molecule has 7 heteroatoms. The third-order valence-corrected chi connectivity index (χ3v) is 3.93. The number of carbonyl (C=O) groups is 2. The summed E-state index contributed by atoms with van der Waals surface area (Å²) in [6, 6.07) is 8.85. The molecule has 23 heavy (non-hydrogen) atoms. The SMILES string of the molecule is COC(=O)N1CCCC1C(=O)Nc1ccc(-c2ccn[nH]2)cc1. The van der Waals surface area contributed by atoms with E-state index in [1.165, 1.54) is 12.0 Å². The van der Waals surface area contributed by atoms with Crippen molar-refractivity contribution in [2.45, 2.75) is 18.9 Å². The van der Waals surface area contributed by atoms with Crippen LogP contribution in [0.3, 0.4) is 0 Å². The molecule has 1 aliphatic heterocycles. The van der Waals surface area contributed by atoms with Crippen LogP contribution in [0.5, 0.6) is 0 Å². The van der Waals surface area contributed by atoms with Crippen LogP contribution in [-0.4, -0.2) is 46.8 Å². The van der Waals surface area contributed by atoms with Crippen molar-refractivity contribution in [3.8, 4) is 11.3 Å². The number of hydrogen-bond acceptors (Lipinski definition) is 4. The number of benzene rings is 1. The summed E-state index contributed by atoms with van der Waals surface area (Å²) in [5.74, 6) is -0.192. The van der Waals surface area contributed by atoms with Gasteiger partial charge in [0, 0.05) is 18.4 Å². The van der Waals surface area contributed by atoms with Gasteiger partial charge in [-0.3, -0.25) is 14.8 Å². The Morgan fingerprint density at radius 2 is 2.09 bits per heavy atom. The van der Waals surface area contributed by atoms with Gasteiger partial charge in [-0.2, -0.15) is 5.10 Å². The fraction of sp³-hybridized carbons (Fsp3) is 0.312. The summed E-state index contributed by atoms with van der Waals surface area (Å²) in [5.41, 5.74) is 2.59. The predicted octanol–water partition coefficient (Wildman–Crippen LogP) is 2.25. The van der Waals surface area contributed by atoms with Crippen molar-refractivity contribution in [2.75, 3.05) is 19.0 Å². The zero-order valence-electron chi connectivity index (χ0n) is 12.8. The van der Waals surface area contributed by atoms with Crippen LogP contribution < -0.4 is 5.32 Å². The largest absolute Gasteiger partial charge is 0.453 e. The Bertz CT molecular complexity index is 682. The molecule has 2 amide bonds. The maximum Gasteiger partial charge on any atom is 0.410 e. The van der Waals surface area contributed by atoms with E-state index >= 15 is 0 Å². The van der Waals surface area contributed by atoms with Crippen molar-refractivity contribution in [1.29, 1.82) is 0 Å². The molecule has 1 aliphatic rings. The van der Waals surface area contributed by atoms with Crippen LogP contribution in [-0.2, 0) is 9.53 Å². The number of aromatic amines is 1. The van der Waals surface area contributed by atoms with E-state index in [-0.39, 0.29) is 5.91 Å². The number of anilines is 1. The van der Waals surface area contributed by atoms with Crippen LogP contribution >= 0.6 is 0 Å². The van der Waals surface area contributed by atoms with Gasteiger partial charge in [0.1, 0.15) is 6.04 Å². The molecule has 0 bridgehead atoms. The molecule has 2 heterocycles. The molecule has 1 saturated heterocycles. The number of H-pyrrole nitrogens is 1. The number of methoxy groups -OCH3 is 1. The van der Waals surface area contributed by atoms with Gasteiger partial charge in [0.05, 0.1) is 12.8 Å². The Hall–Kier alpha value is -2.83. The highest BCUT2D eigenvalue weighted by Gasteiger charge is 2.34. The number of rotatable bonds is 3. The molecule has 0 radical (unpaired) electrons. The number of nitrogens with zero attached hydrogens (tertiary/aromatic N) is 2. The molecule has 7 nitrogen and oxygen atoms in total. The van der Waals surface area contributed by atoms with E-state index in [1.54, 1.807) is 6.20 Å². The molecular formula is C16H18N4O3. The number of likely N-dealkylation sites (tertiary alicyclic amines) is 1. The average molecular weight is 314 g/mol. The molecule has 0 aliphatic carbocycles. The Balaban J connectivity index is 1.67. The molecule has 1 unspecified atom stereocenters. The second kappa shape index (κ2) is 6.51. The summed E-state index contributed by atoms with van der Waals surface area (Å²) in [6.45, 7) is 0.545. The number of carbonyl (C=O) groups excluding carboxylic acids is 2. The molecule has 1 fully saturated rings. The Kier molecular flexibility index (Phi) is 4.27. The van der Waals surface area contributed by atoms with Crippen LogP contribution in [0.25, 0.3) is 11.3 Å². The number of aromatic nitrogens is 2. The molecule has 1 aromatic carbocycles. The summed E-state index contributed by atoms with van der Waals surface area (Å²) < 4.78 is 4.72. The minimum Gasteiger partial charge on any atom is -0.453 e. The second-order valence-corrected chi connectivity index (χ2v) is 5.36. The standard InChI is InChI=1S/C16H18N4O3/c1-23-16(22)20-10-2-3-14(20)15(21)18-12-6-4-11(5-7-12)13-8-9-17-19-13/h4-9,14H,2-3,10H2,1H3,(H,17,19)(H,18,21). The van der Waals surface area contributed by atoms with Crippen molar-refractivity contribution in [1.82, 2.24) is 15.1 Å². The lowest BCUT2D eigenvalue weighted by molar-refractivity contribution is -0.119. The molecule has 1 atom stereocenters. The number of nitrogens with one attached hydrogen (secondary N) is 2. The Morgan fingerprint density at radius 3 is 2.74 bits per heavy atom. The van der Waals surface area contributed by atoms with Crippen LogP contribution in [0.1, 0.15) is 12.8 Å². The first kappa shape index (κ1) is 15.1. The predicted molar refractivity (Wildman–Crippen MR) is 84.8 cm³/mol. The summed E-state index contributed by atoms with van der Waals surface area (Å²) in [7, 11) is 1.32. The summed E-state index contributed by atoms with van der Waals surface area (Å²) in [5, 5.41) is 9.65. The highest BCUT2D eigenvalue weighted by atomic mass is 16.5. The van der Waals surface area contributed by atoms with E-state index in [1.807, 2.05) is 30.3 Å². The van der Waals surface area contributed by atoms with Crippen molar-refractivity contribution in [3.05, 3.63) is 36.5 Å². The third kappa shape index (κ3) is 3.18. The van der Waals surface area contributed by atoms with Crippen LogP contribution in [0.15, 0.2) is 36.5 Å². The highest BCUT2D eigenvalue weighted by molar-refractivity contribution is 5.97. The van der Waals surface area contributed by atoms with Gasteiger partial charge >= 0.3 is 6.09 Å². The summed E-state index contributed by atoms with van der Waals surface area (Å²) >= 11 is 0. The Morgan fingerprint density at radius 1 is 1.30 bits per heavy atom. The van der Waals surface area contributed by atoms with Gasteiger partial charge in [0.2, 0.25) is 5.91 Å². The van der Waals surface area contributed by atoms with Gasteiger partial charge < -0.3 is 10.1 Å². The first-order chi connectivity index (χ1) is 11.2. The number of hydrogen-bond donors (Lipinski definition) is 2. The maximum absolute atomic E-state index is 12.4. The fourth-order valence-corrected chi connectivity index (χ4v) is 2.75. The van der Waals surface area contributed by atoms with E-state index in [0.717, 1.165) is 17.7 Å². The number of amides is 2. The molecule has 2 aromatic rings. The van der Waals surface area contributed by atoms with E-state index < -0.39 is 12.1 Å². The molecule has 120 valence electrons. The molecular weight excluding hydrogens is 296 g/mol. The third-order valence-electron chi connectivity index (χ3n) is 3.93. The van der Waals surface area contributed by atoms with Gasteiger partial charge in [-0.1, -0.05) is 12.1 Å². The van der Waals surface area contributed by atoms with Crippen LogP contribution in [0, 0.1) is 0 Å². The van der Waals surface area contributed by atoms with Gasteiger partial charge in [-0.25, -0.2) is 4.79 Å². The molecule has 1 aromatic heterocycles. The van der Waals surface area contributed by atoms with Crippen LogP contribution in [0.4, 0.5) is 10.5 Å². The minimum atomic E-state index is -0.477. The smallest absolute Gasteiger partial charge is 0.410 e. The fourth-order valence-electron chi connectivity index (χ4n) is 2.75. The van der Waals surface area contributed by atoms with E-state index in [4.69, 9.17) is 4.74 Å². The molecule has 3 rings (SSSR count). The molecule has 2 N–H and O–H groups in total. The lowest BCUT2D eigenvalue weighted by Gasteiger charge is -2.22. The quantitative estimate of drug-likeness (QED) is 0.909. The molecule has 0 spiro atoms. The van der Waals surface area contributed by atoms with Crippen LogP contribution in [0.2, 0.25) is 0 Å². The van der Waals surface area contributed by atoms with Gasteiger partial charge in [-0.05, 0) is 36.6 Å². The topological polar surface area (TPSA) is 87.3 Å². The first-order valence-electron chi connectivity index (χ1n) is 7.44. The van der Waals surface area contributed by atoms with Crippen molar-refractivity contribution >= 4 is 17.7 Å². The van der Waals surface area contributed by atoms with Crippen molar-refractivity contribution in [2.24, 2.45) is 0 Å². The number of ether oxygens (including phenoxy) is 1. The lowest BCUT2D eigenvalue weighted by Crippen LogP contribution is -2.43. The van der Waals surface area contributed by atoms with Crippen molar-refractivity contribution < 1.29 is 14.3 Å². The van der Waals surface area contributed by atoms with Gasteiger partial charge in [0.15, 0.2) is 0 Å². The Labute approximate surface area is 133 Å².